The van der Waals surface area contributed by atoms with Gasteiger partial charge >= 0.3 is 12.1 Å². The van der Waals surface area contributed by atoms with Gasteiger partial charge in [0.2, 0.25) is 0 Å². The molecule has 0 atom stereocenters. The first-order valence-electron chi connectivity index (χ1n) is 9.64. The lowest BCUT2D eigenvalue weighted by Gasteiger charge is -2.08. The van der Waals surface area contributed by atoms with Crippen molar-refractivity contribution in [3.63, 3.8) is 0 Å². The maximum atomic E-state index is 12.7. The number of ketones is 1. The Bertz CT molecular complexity index is 1150. The number of carbonyl (C=O) groups excluding carboxylic acids is 2. The Morgan fingerprint density at radius 1 is 1.10 bits per heavy atom. The number of ether oxygens (including phenoxy) is 1. The number of hydrogen-bond acceptors (Lipinski definition) is 5. The highest BCUT2D eigenvalue weighted by Crippen LogP contribution is 2.29. The van der Waals surface area contributed by atoms with Crippen molar-refractivity contribution >= 4 is 11.8 Å². The number of halogens is 3. The molecule has 9 heteroatoms. The number of hydrogen-bond donors (Lipinski definition) is 0. The highest BCUT2D eigenvalue weighted by Gasteiger charge is 2.31. The van der Waals surface area contributed by atoms with Gasteiger partial charge in [0.25, 0.3) is 0 Å². The maximum Gasteiger partial charge on any atom is 0.417 e. The molecule has 0 unspecified atom stereocenters. The van der Waals surface area contributed by atoms with Crippen LogP contribution >= 0.6 is 0 Å². The van der Waals surface area contributed by atoms with Crippen molar-refractivity contribution in [2.75, 3.05) is 6.61 Å². The summed E-state index contributed by atoms with van der Waals surface area (Å²) in [5, 5.41) is 4.01. The smallest absolute Gasteiger partial charge is 0.417 e. The van der Waals surface area contributed by atoms with E-state index < -0.39 is 24.3 Å². The van der Waals surface area contributed by atoms with E-state index in [1.807, 2.05) is 12.1 Å². The van der Waals surface area contributed by atoms with Crippen LogP contribution in [0.1, 0.15) is 49.5 Å². The first-order valence-corrected chi connectivity index (χ1v) is 9.64. The first-order chi connectivity index (χ1) is 14.7. The third-order valence-electron chi connectivity index (χ3n) is 5.28. The second-order valence-corrected chi connectivity index (χ2v) is 7.29. The van der Waals surface area contributed by atoms with Crippen LogP contribution in [0.2, 0.25) is 0 Å². The number of rotatable bonds is 5. The summed E-state index contributed by atoms with van der Waals surface area (Å²) >= 11 is 0. The van der Waals surface area contributed by atoms with Crippen molar-refractivity contribution in [1.29, 1.82) is 0 Å². The third-order valence-corrected chi connectivity index (χ3v) is 5.28. The molecule has 0 spiro atoms. The van der Waals surface area contributed by atoms with Gasteiger partial charge in [-0.1, -0.05) is 12.1 Å². The number of alkyl halides is 3. The molecule has 4 rings (SSSR count). The van der Waals surface area contributed by atoms with Gasteiger partial charge < -0.3 is 4.74 Å². The molecule has 2 heterocycles. The molecule has 31 heavy (non-hydrogen) atoms. The average Bonchev–Trinajstić information content (AvgIpc) is 3.37. The average molecular weight is 429 g/mol. The molecule has 1 aliphatic rings. The van der Waals surface area contributed by atoms with Crippen LogP contribution in [0.5, 0.6) is 0 Å². The molecule has 160 valence electrons. The molecule has 0 bridgehead atoms. The largest absolute Gasteiger partial charge is 0.454 e. The Balaban J connectivity index is 1.44. The lowest BCUT2D eigenvalue weighted by molar-refractivity contribution is -0.137. The van der Waals surface area contributed by atoms with E-state index in [0.29, 0.717) is 17.5 Å². The fraction of sp³-hybridized carbons (Fsp3) is 0.273. The number of pyridine rings is 1. The number of esters is 1. The Kier molecular flexibility index (Phi) is 5.34. The number of Topliss-reactive ketones (excluding diaryl/α,β-unsaturated/α-hetero) is 1. The van der Waals surface area contributed by atoms with Crippen molar-refractivity contribution in [2.24, 2.45) is 0 Å². The van der Waals surface area contributed by atoms with E-state index in [4.69, 9.17) is 4.74 Å². The molecule has 1 aromatic carbocycles. The van der Waals surface area contributed by atoms with E-state index in [1.54, 1.807) is 13.0 Å². The van der Waals surface area contributed by atoms with E-state index >= 15 is 0 Å². The third kappa shape index (κ3) is 4.21. The summed E-state index contributed by atoms with van der Waals surface area (Å²) in [6.45, 7) is 1.14. The predicted octanol–water partition coefficient (Wildman–Crippen LogP) is 4.12. The van der Waals surface area contributed by atoms with E-state index in [2.05, 4.69) is 10.1 Å². The monoisotopic (exact) mass is 429 g/mol. The highest BCUT2D eigenvalue weighted by molar-refractivity contribution is 5.99. The number of aromatic nitrogens is 3. The van der Waals surface area contributed by atoms with Crippen molar-refractivity contribution in [2.45, 2.75) is 32.4 Å². The maximum absolute atomic E-state index is 12.7. The molecule has 0 radical (unpaired) electrons. The number of fused-ring (bicyclic) bond motifs is 1. The van der Waals surface area contributed by atoms with E-state index in [-0.39, 0.29) is 17.2 Å². The van der Waals surface area contributed by atoms with Gasteiger partial charge in [0.05, 0.1) is 17.5 Å². The van der Waals surface area contributed by atoms with Crippen LogP contribution in [0.15, 0.2) is 42.7 Å². The summed E-state index contributed by atoms with van der Waals surface area (Å²) in [6, 6.07) is 7.56. The van der Waals surface area contributed by atoms with E-state index in [0.717, 1.165) is 37.0 Å². The zero-order valence-corrected chi connectivity index (χ0v) is 16.6. The summed E-state index contributed by atoms with van der Waals surface area (Å²) in [6.07, 6.45) is 0.452. The van der Waals surface area contributed by atoms with Gasteiger partial charge in [0.1, 0.15) is 5.56 Å². The van der Waals surface area contributed by atoms with Crippen molar-refractivity contribution in [3.8, 4) is 5.82 Å². The minimum atomic E-state index is -4.50. The van der Waals surface area contributed by atoms with Crippen LogP contribution in [-0.2, 0) is 23.8 Å². The SMILES string of the molecule is Cc1c(C(=O)OCC(=O)c2ccc3c(c2)CCC3)cnn1-c1ccc(C(F)(F)F)cn1. The number of carbonyl (C=O) groups is 2. The van der Waals surface area contributed by atoms with Gasteiger partial charge in [-0.05, 0) is 55.5 Å². The van der Waals surface area contributed by atoms with Gasteiger partial charge in [-0.25, -0.2) is 14.5 Å². The van der Waals surface area contributed by atoms with Gasteiger partial charge in [-0.2, -0.15) is 18.3 Å². The second kappa shape index (κ2) is 7.98. The molecule has 0 N–H and O–H groups in total. The van der Waals surface area contributed by atoms with Crippen LogP contribution < -0.4 is 0 Å². The zero-order valence-electron chi connectivity index (χ0n) is 16.6. The normalized spacial score (nSPS) is 13.2. The minimum Gasteiger partial charge on any atom is -0.454 e. The fourth-order valence-corrected chi connectivity index (χ4v) is 3.56. The molecule has 1 aliphatic carbocycles. The molecule has 0 aliphatic heterocycles. The van der Waals surface area contributed by atoms with Crippen LogP contribution in [0.4, 0.5) is 13.2 Å². The first kappa shape index (κ1) is 20.8. The summed E-state index contributed by atoms with van der Waals surface area (Å²) in [4.78, 5) is 28.6. The predicted molar refractivity (Wildman–Crippen MR) is 104 cm³/mol. The quantitative estimate of drug-likeness (QED) is 0.451. The van der Waals surface area contributed by atoms with Crippen LogP contribution in [-0.4, -0.2) is 33.1 Å². The summed E-state index contributed by atoms with van der Waals surface area (Å²) in [7, 11) is 0. The van der Waals surface area contributed by atoms with Crippen LogP contribution in [0.3, 0.4) is 0 Å². The Morgan fingerprint density at radius 3 is 2.58 bits per heavy atom. The molecule has 0 saturated carbocycles. The minimum absolute atomic E-state index is 0.100. The Labute approximate surface area is 175 Å². The topological polar surface area (TPSA) is 74.1 Å². The van der Waals surface area contributed by atoms with E-state index in [1.165, 1.54) is 16.4 Å². The standard InChI is InChI=1S/C22H18F3N3O3/c1-13-18(11-27-28(13)20-8-7-17(10-26-20)22(23,24)25)21(30)31-12-19(29)16-6-5-14-3-2-4-15(14)9-16/h5-11H,2-4,12H2,1H3. The lowest BCUT2D eigenvalue weighted by Crippen LogP contribution is -2.15. The lowest BCUT2D eigenvalue weighted by atomic mass is 10.0. The molecular weight excluding hydrogens is 411 g/mol. The summed E-state index contributed by atoms with van der Waals surface area (Å²) < 4.78 is 44.5. The fourth-order valence-electron chi connectivity index (χ4n) is 3.56. The second-order valence-electron chi connectivity index (χ2n) is 7.29. The summed E-state index contributed by atoms with van der Waals surface area (Å²) in [5.41, 5.74) is 2.44. The van der Waals surface area contributed by atoms with Crippen LogP contribution in [0, 0.1) is 6.92 Å². The highest BCUT2D eigenvalue weighted by atomic mass is 19.4. The molecule has 6 nitrogen and oxygen atoms in total. The van der Waals surface area contributed by atoms with Gasteiger partial charge in [0.15, 0.2) is 18.2 Å². The Morgan fingerprint density at radius 2 is 1.87 bits per heavy atom. The molecule has 2 aromatic heterocycles. The molecule has 0 saturated heterocycles. The van der Waals surface area contributed by atoms with Crippen molar-refractivity contribution in [1.82, 2.24) is 14.8 Å². The summed E-state index contributed by atoms with van der Waals surface area (Å²) in [5.74, 6) is -0.929. The molecule has 0 fully saturated rings. The Hall–Kier alpha value is -3.49. The number of aryl methyl sites for hydroxylation is 2. The zero-order chi connectivity index (χ0) is 22.2. The van der Waals surface area contributed by atoms with Crippen molar-refractivity contribution < 1.29 is 27.5 Å². The van der Waals surface area contributed by atoms with Gasteiger partial charge in [-0.15, -0.1) is 0 Å². The van der Waals surface area contributed by atoms with Gasteiger partial charge in [-0.3, -0.25) is 4.79 Å². The van der Waals surface area contributed by atoms with Crippen LogP contribution in [0.25, 0.3) is 5.82 Å². The van der Waals surface area contributed by atoms with Gasteiger partial charge in [0, 0.05) is 11.8 Å². The van der Waals surface area contributed by atoms with E-state index in [9.17, 15) is 22.8 Å². The van der Waals surface area contributed by atoms with Crippen molar-refractivity contribution in [3.05, 3.63) is 76.2 Å². The molecule has 0 amide bonds. The molecular formula is C22H18F3N3O3. The number of nitrogens with zero attached hydrogens (tertiary/aromatic N) is 3. The molecule has 3 aromatic rings. The number of benzene rings is 1.